The third-order valence-corrected chi connectivity index (χ3v) is 3.30. The van der Waals surface area contributed by atoms with Gasteiger partial charge in [-0.05, 0) is 30.3 Å². The van der Waals surface area contributed by atoms with Gasteiger partial charge < -0.3 is 14.8 Å². The average Bonchev–Trinajstić information content (AvgIpc) is 2.78. The van der Waals surface area contributed by atoms with Gasteiger partial charge in [0.15, 0.2) is 17.3 Å². The van der Waals surface area contributed by atoms with E-state index < -0.39 is 0 Å². The maximum absolute atomic E-state index is 12.2. The molecule has 3 rings (SSSR count). The van der Waals surface area contributed by atoms with Crippen molar-refractivity contribution in [3.63, 3.8) is 0 Å². The Morgan fingerprint density at radius 2 is 1.76 bits per heavy atom. The number of hydrogen-bond donors (Lipinski definition) is 1. The van der Waals surface area contributed by atoms with E-state index in [9.17, 15) is 4.79 Å². The highest BCUT2D eigenvalue weighted by molar-refractivity contribution is 5.99. The molecule has 4 heteroatoms. The Kier molecular flexibility index (Phi) is 4.05. The molecule has 108 valence electrons. The zero-order valence-corrected chi connectivity index (χ0v) is 11.7. The molecular formula is C17H17NO3. The van der Waals surface area contributed by atoms with Gasteiger partial charge in [0.25, 0.3) is 0 Å². The topological polar surface area (TPSA) is 47.6 Å². The molecule has 2 aromatic carbocycles. The first kappa shape index (κ1) is 13.5. The maximum Gasteiger partial charge on any atom is 0.181 e. The summed E-state index contributed by atoms with van der Waals surface area (Å²) < 4.78 is 11.2. The van der Waals surface area contributed by atoms with E-state index in [2.05, 4.69) is 5.32 Å². The van der Waals surface area contributed by atoms with Crippen LogP contribution < -0.4 is 14.8 Å². The standard InChI is InChI=1S/C17H17NO3/c19-15(12-18-14-5-2-1-3-6-14)13-7-8-16-17(11-13)21-10-4-9-20-16/h1-3,5-8,11,18H,4,9-10,12H2. The van der Waals surface area contributed by atoms with Crippen LogP contribution in [0, 0.1) is 0 Å². The van der Waals surface area contributed by atoms with Crippen LogP contribution in [0.4, 0.5) is 5.69 Å². The van der Waals surface area contributed by atoms with Crippen molar-refractivity contribution in [2.24, 2.45) is 0 Å². The first-order valence-corrected chi connectivity index (χ1v) is 7.05. The van der Waals surface area contributed by atoms with Crippen LogP contribution in [-0.2, 0) is 0 Å². The van der Waals surface area contributed by atoms with E-state index in [1.165, 1.54) is 0 Å². The second-order valence-corrected chi connectivity index (χ2v) is 4.85. The minimum atomic E-state index is 0.0227. The lowest BCUT2D eigenvalue weighted by Crippen LogP contribution is -2.14. The fourth-order valence-electron chi connectivity index (χ4n) is 2.18. The zero-order valence-electron chi connectivity index (χ0n) is 11.7. The van der Waals surface area contributed by atoms with Gasteiger partial charge in [0.05, 0.1) is 19.8 Å². The van der Waals surface area contributed by atoms with E-state index in [-0.39, 0.29) is 12.3 Å². The normalized spacial score (nSPS) is 13.3. The van der Waals surface area contributed by atoms with Gasteiger partial charge in [-0.15, -0.1) is 0 Å². The van der Waals surface area contributed by atoms with E-state index in [1.807, 2.05) is 30.3 Å². The smallest absolute Gasteiger partial charge is 0.181 e. The number of para-hydroxylation sites is 1. The lowest BCUT2D eigenvalue weighted by atomic mass is 10.1. The van der Waals surface area contributed by atoms with Crippen LogP contribution >= 0.6 is 0 Å². The third-order valence-electron chi connectivity index (χ3n) is 3.30. The first-order valence-electron chi connectivity index (χ1n) is 7.05. The second-order valence-electron chi connectivity index (χ2n) is 4.85. The van der Waals surface area contributed by atoms with Crippen LogP contribution in [0.15, 0.2) is 48.5 Å². The number of rotatable bonds is 4. The molecule has 0 saturated heterocycles. The molecule has 0 aromatic heterocycles. The van der Waals surface area contributed by atoms with Crippen LogP contribution in [0.1, 0.15) is 16.8 Å². The van der Waals surface area contributed by atoms with Crippen molar-refractivity contribution < 1.29 is 14.3 Å². The van der Waals surface area contributed by atoms with Crippen molar-refractivity contribution in [2.75, 3.05) is 25.1 Å². The van der Waals surface area contributed by atoms with Crippen LogP contribution in [0.5, 0.6) is 11.5 Å². The highest BCUT2D eigenvalue weighted by Gasteiger charge is 2.13. The number of anilines is 1. The molecule has 4 nitrogen and oxygen atoms in total. The van der Waals surface area contributed by atoms with Crippen molar-refractivity contribution >= 4 is 11.5 Å². The lowest BCUT2D eigenvalue weighted by molar-refractivity contribution is 0.101. The van der Waals surface area contributed by atoms with Gasteiger partial charge in [-0.1, -0.05) is 18.2 Å². The molecule has 1 heterocycles. The molecule has 0 radical (unpaired) electrons. The van der Waals surface area contributed by atoms with Crippen LogP contribution in [0.2, 0.25) is 0 Å². The van der Waals surface area contributed by atoms with Gasteiger partial charge in [-0.3, -0.25) is 4.79 Å². The number of nitrogens with one attached hydrogen (secondary N) is 1. The van der Waals surface area contributed by atoms with Crippen molar-refractivity contribution in [2.45, 2.75) is 6.42 Å². The summed E-state index contributed by atoms with van der Waals surface area (Å²) in [5.41, 5.74) is 1.56. The van der Waals surface area contributed by atoms with Gasteiger partial charge in [-0.2, -0.15) is 0 Å². The van der Waals surface area contributed by atoms with Gasteiger partial charge >= 0.3 is 0 Å². The Bertz CT molecular complexity index is 625. The molecule has 0 fully saturated rings. The fraction of sp³-hybridized carbons (Fsp3) is 0.235. The van der Waals surface area contributed by atoms with E-state index >= 15 is 0 Å². The van der Waals surface area contributed by atoms with Gasteiger partial charge in [0.2, 0.25) is 0 Å². The Balaban J connectivity index is 1.68. The molecule has 1 N–H and O–H groups in total. The summed E-state index contributed by atoms with van der Waals surface area (Å²) in [6.45, 7) is 1.52. The number of ether oxygens (including phenoxy) is 2. The minimum absolute atomic E-state index is 0.0227. The summed E-state index contributed by atoms with van der Waals surface area (Å²) in [6, 6.07) is 15.0. The molecule has 0 amide bonds. The fourth-order valence-corrected chi connectivity index (χ4v) is 2.18. The summed E-state index contributed by atoms with van der Waals surface area (Å²) >= 11 is 0. The van der Waals surface area contributed by atoms with Crippen LogP contribution in [0.3, 0.4) is 0 Å². The molecule has 0 saturated carbocycles. The number of hydrogen-bond acceptors (Lipinski definition) is 4. The van der Waals surface area contributed by atoms with Gasteiger partial charge in [0.1, 0.15) is 0 Å². The summed E-state index contributed by atoms with van der Waals surface area (Å²) in [5, 5.41) is 3.11. The number of benzene rings is 2. The monoisotopic (exact) mass is 283 g/mol. The number of Topliss-reactive ketones (excluding diaryl/α,β-unsaturated/α-hetero) is 1. The van der Waals surface area contributed by atoms with Crippen molar-refractivity contribution in [1.29, 1.82) is 0 Å². The molecular weight excluding hydrogens is 266 g/mol. The van der Waals surface area contributed by atoms with Crippen LogP contribution in [-0.4, -0.2) is 25.5 Å². The molecule has 0 unspecified atom stereocenters. The summed E-state index contributed by atoms with van der Waals surface area (Å²) in [5.74, 6) is 1.38. The Labute approximate surface area is 123 Å². The molecule has 0 bridgehead atoms. The minimum Gasteiger partial charge on any atom is -0.490 e. The first-order chi connectivity index (χ1) is 10.3. The number of ketones is 1. The highest BCUT2D eigenvalue weighted by Crippen LogP contribution is 2.30. The maximum atomic E-state index is 12.2. The summed E-state index contributed by atoms with van der Waals surface area (Å²) in [6.07, 6.45) is 0.855. The Morgan fingerprint density at radius 3 is 2.57 bits per heavy atom. The molecule has 0 aliphatic carbocycles. The molecule has 1 aliphatic heterocycles. The number of fused-ring (bicyclic) bond motifs is 1. The number of carbonyl (C=O) groups is 1. The molecule has 0 spiro atoms. The third kappa shape index (κ3) is 3.34. The van der Waals surface area contributed by atoms with E-state index in [1.54, 1.807) is 18.2 Å². The molecule has 21 heavy (non-hydrogen) atoms. The predicted octanol–water partition coefficient (Wildman–Crippen LogP) is 3.14. The zero-order chi connectivity index (χ0) is 14.5. The summed E-state index contributed by atoms with van der Waals surface area (Å²) in [4.78, 5) is 12.2. The van der Waals surface area contributed by atoms with Crippen molar-refractivity contribution in [3.8, 4) is 11.5 Å². The average molecular weight is 283 g/mol. The second kappa shape index (κ2) is 6.31. The SMILES string of the molecule is O=C(CNc1ccccc1)c1ccc2c(c1)OCCCO2. The molecule has 1 aliphatic rings. The lowest BCUT2D eigenvalue weighted by Gasteiger charge is -2.09. The quantitative estimate of drug-likeness (QED) is 0.876. The van der Waals surface area contributed by atoms with Crippen molar-refractivity contribution in [3.05, 3.63) is 54.1 Å². The largest absolute Gasteiger partial charge is 0.490 e. The molecule has 2 aromatic rings. The van der Waals surface area contributed by atoms with Crippen LogP contribution in [0.25, 0.3) is 0 Å². The van der Waals surface area contributed by atoms with E-state index in [0.29, 0.717) is 30.3 Å². The van der Waals surface area contributed by atoms with E-state index in [0.717, 1.165) is 12.1 Å². The molecule has 0 atom stereocenters. The Morgan fingerprint density at radius 1 is 1.00 bits per heavy atom. The number of carbonyl (C=O) groups excluding carboxylic acids is 1. The van der Waals surface area contributed by atoms with Crippen molar-refractivity contribution in [1.82, 2.24) is 0 Å². The highest BCUT2D eigenvalue weighted by atomic mass is 16.5. The predicted molar refractivity (Wildman–Crippen MR) is 81.3 cm³/mol. The summed E-state index contributed by atoms with van der Waals surface area (Å²) in [7, 11) is 0. The van der Waals surface area contributed by atoms with Gasteiger partial charge in [-0.25, -0.2) is 0 Å². The van der Waals surface area contributed by atoms with E-state index in [4.69, 9.17) is 9.47 Å². The Hall–Kier alpha value is -2.49. The van der Waals surface area contributed by atoms with Gasteiger partial charge in [0, 0.05) is 17.7 Å².